The number of ether oxygens (including phenoxy) is 2. The monoisotopic (exact) mass is 411 g/mol. The molecule has 158 valence electrons. The second kappa shape index (κ2) is 9.28. The lowest BCUT2D eigenvalue weighted by atomic mass is 10.1. The number of methoxy groups -OCH3 is 1. The van der Waals surface area contributed by atoms with E-state index in [-0.39, 0.29) is 5.82 Å². The molecule has 0 unspecified atom stereocenters. The number of benzene rings is 2. The molecule has 4 rings (SSSR count). The van der Waals surface area contributed by atoms with Crippen molar-refractivity contribution in [2.45, 2.75) is 33.0 Å². The summed E-state index contributed by atoms with van der Waals surface area (Å²) in [6, 6.07) is 12.6. The molecule has 0 radical (unpaired) electrons. The van der Waals surface area contributed by atoms with Crippen LogP contribution in [0.4, 0.5) is 15.9 Å². The largest absolute Gasteiger partial charge is 0.496 e. The van der Waals surface area contributed by atoms with Crippen LogP contribution in [0.3, 0.4) is 0 Å². The summed E-state index contributed by atoms with van der Waals surface area (Å²) in [4.78, 5) is 2.35. The van der Waals surface area contributed by atoms with Crippen LogP contribution in [0.1, 0.15) is 29.4 Å². The number of hydrogen-bond acceptors (Lipinski definition) is 6. The lowest BCUT2D eigenvalue weighted by Crippen LogP contribution is -2.29. The van der Waals surface area contributed by atoms with Crippen molar-refractivity contribution >= 4 is 11.5 Å². The Labute approximate surface area is 175 Å². The molecule has 2 heterocycles. The average Bonchev–Trinajstić information content (AvgIpc) is 3.14. The molecule has 1 aromatic heterocycles. The Morgan fingerprint density at radius 3 is 2.93 bits per heavy atom. The molecule has 0 saturated carbocycles. The van der Waals surface area contributed by atoms with Crippen molar-refractivity contribution in [2.24, 2.45) is 0 Å². The SMILES string of the molecule is CCOCc1cc(CN2CCc3onc(Nc4cccc(F)c4)c3C2)ccc1OC. The van der Waals surface area contributed by atoms with Gasteiger partial charge in [0.2, 0.25) is 0 Å². The first kappa shape index (κ1) is 20.4. The Kier molecular flexibility index (Phi) is 6.30. The Hall–Kier alpha value is -2.90. The van der Waals surface area contributed by atoms with Crippen LogP contribution in [0.15, 0.2) is 47.0 Å². The normalized spacial score (nSPS) is 13.8. The highest BCUT2D eigenvalue weighted by Gasteiger charge is 2.24. The van der Waals surface area contributed by atoms with E-state index in [1.165, 1.54) is 17.7 Å². The fraction of sp³-hybridized carbons (Fsp3) is 0.348. The molecule has 0 spiro atoms. The highest BCUT2D eigenvalue weighted by atomic mass is 19.1. The van der Waals surface area contributed by atoms with Crippen LogP contribution in [0.25, 0.3) is 0 Å². The second-order valence-electron chi connectivity index (χ2n) is 7.31. The minimum Gasteiger partial charge on any atom is -0.496 e. The lowest BCUT2D eigenvalue weighted by molar-refractivity contribution is 0.132. The lowest BCUT2D eigenvalue weighted by Gasteiger charge is -2.26. The Bertz CT molecular complexity index is 1010. The van der Waals surface area contributed by atoms with Crippen molar-refractivity contribution in [3.8, 4) is 5.75 Å². The van der Waals surface area contributed by atoms with Gasteiger partial charge in [0.25, 0.3) is 0 Å². The van der Waals surface area contributed by atoms with Crippen LogP contribution in [0.2, 0.25) is 0 Å². The van der Waals surface area contributed by atoms with Gasteiger partial charge in [0.1, 0.15) is 17.3 Å². The van der Waals surface area contributed by atoms with E-state index in [1.807, 2.05) is 19.1 Å². The van der Waals surface area contributed by atoms with Gasteiger partial charge in [-0.1, -0.05) is 17.3 Å². The van der Waals surface area contributed by atoms with Gasteiger partial charge in [-0.25, -0.2) is 4.39 Å². The maximum absolute atomic E-state index is 13.5. The number of nitrogens with one attached hydrogen (secondary N) is 1. The molecule has 2 aromatic carbocycles. The molecule has 1 N–H and O–H groups in total. The number of rotatable bonds is 8. The van der Waals surface area contributed by atoms with Gasteiger partial charge in [-0.3, -0.25) is 4.90 Å². The van der Waals surface area contributed by atoms with Gasteiger partial charge < -0.3 is 19.3 Å². The van der Waals surface area contributed by atoms with Crippen molar-refractivity contribution in [3.63, 3.8) is 0 Å². The van der Waals surface area contributed by atoms with Gasteiger partial charge in [0.05, 0.1) is 19.3 Å². The molecular formula is C23H26FN3O3. The highest BCUT2D eigenvalue weighted by molar-refractivity contribution is 5.60. The van der Waals surface area contributed by atoms with Crippen LogP contribution in [0, 0.1) is 5.82 Å². The summed E-state index contributed by atoms with van der Waals surface area (Å²) in [5.41, 5.74) is 3.92. The number of nitrogens with zero attached hydrogens (tertiary/aromatic N) is 2. The first-order valence-corrected chi connectivity index (χ1v) is 10.1. The molecule has 0 bridgehead atoms. The van der Waals surface area contributed by atoms with E-state index in [2.05, 4.69) is 27.5 Å². The second-order valence-corrected chi connectivity index (χ2v) is 7.31. The van der Waals surface area contributed by atoms with Crippen LogP contribution in [-0.4, -0.2) is 30.3 Å². The van der Waals surface area contributed by atoms with Gasteiger partial charge in [0.15, 0.2) is 5.82 Å². The first-order chi connectivity index (χ1) is 14.7. The summed E-state index contributed by atoms with van der Waals surface area (Å²) in [5.74, 6) is 2.08. The zero-order valence-corrected chi connectivity index (χ0v) is 17.3. The van der Waals surface area contributed by atoms with Gasteiger partial charge in [0, 0.05) is 43.9 Å². The maximum atomic E-state index is 13.5. The molecule has 0 atom stereocenters. The number of aromatic nitrogens is 1. The van der Waals surface area contributed by atoms with E-state index in [0.29, 0.717) is 31.3 Å². The van der Waals surface area contributed by atoms with E-state index in [9.17, 15) is 4.39 Å². The number of halogens is 1. The third-order valence-electron chi connectivity index (χ3n) is 5.21. The van der Waals surface area contributed by atoms with Crippen LogP contribution in [0.5, 0.6) is 5.75 Å². The van der Waals surface area contributed by atoms with Crippen molar-refractivity contribution in [3.05, 3.63) is 70.7 Å². The molecule has 0 amide bonds. The van der Waals surface area contributed by atoms with Gasteiger partial charge in [-0.05, 0) is 42.8 Å². The molecule has 1 aliphatic rings. The first-order valence-electron chi connectivity index (χ1n) is 10.1. The van der Waals surface area contributed by atoms with E-state index >= 15 is 0 Å². The summed E-state index contributed by atoms with van der Waals surface area (Å²) >= 11 is 0. The minimum atomic E-state index is -0.290. The molecule has 30 heavy (non-hydrogen) atoms. The predicted octanol–water partition coefficient (Wildman–Crippen LogP) is 4.66. The van der Waals surface area contributed by atoms with Crippen LogP contribution >= 0.6 is 0 Å². The third-order valence-corrected chi connectivity index (χ3v) is 5.21. The van der Waals surface area contributed by atoms with Gasteiger partial charge >= 0.3 is 0 Å². The van der Waals surface area contributed by atoms with Gasteiger partial charge in [-0.2, -0.15) is 0 Å². The highest BCUT2D eigenvalue weighted by Crippen LogP contribution is 2.30. The molecule has 0 saturated heterocycles. The number of hydrogen-bond donors (Lipinski definition) is 1. The summed E-state index contributed by atoms with van der Waals surface area (Å²) in [7, 11) is 1.68. The van der Waals surface area contributed by atoms with E-state index in [0.717, 1.165) is 42.1 Å². The van der Waals surface area contributed by atoms with Gasteiger partial charge in [-0.15, -0.1) is 0 Å². The zero-order chi connectivity index (χ0) is 20.9. The van der Waals surface area contributed by atoms with Crippen LogP contribution in [-0.2, 0) is 30.9 Å². The topological polar surface area (TPSA) is 59.8 Å². The Morgan fingerprint density at radius 1 is 1.23 bits per heavy atom. The number of fused-ring (bicyclic) bond motifs is 1. The Balaban J connectivity index is 1.47. The number of anilines is 2. The summed E-state index contributed by atoms with van der Waals surface area (Å²) < 4.78 is 30.0. The van der Waals surface area contributed by atoms with Crippen molar-refractivity contribution in [2.75, 3.05) is 25.6 Å². The summed E-state index contributed by atoms with van der Waals surface area (Å²) in [6.07, 6.45) is 0.787. The maximum Gasteiger partial charge on any atom is 0.178 e. The van der Waals surface area contributed by atoms with E-state index < -0.39 is 0 Å². The average molecular weight is 411 g/mol. The zero-order valence-electron chi connectivity index (χ0n) is 17.3. The molecule has 6 nitrogen and oxygen atoms in total. The van der Waals surface area contributed by atoms with E-state index in [4.69, 9.17) is 14.0 Å². The molecule has 1 aliphatic heterocycles. The molecule has 7 heteroatoms. The third kappa shape index (κ3) is 4.63. The minimum absolute atomic E-state index is 0.290. The molecule has 3 aromatic rings. The van der Waals surface area contributed by atoms with E-state index in [1.54, 1.807) is 13.2 Å². The Morgan fingerprint density at radius 2 is 2.13 bits per heavy atom. The van der Waals surface area contributed by atoms with Crippen molar-refractivity contribution in [1.82, 2.24) is 10.1 Å². The molecular weight excluding hydrogens is 385 g/mol. The van der Waals surface area contributed by atoms with Crippen molar-refractivity contribution in [1.29, 1.82) is 0 Å². The fourth-order valence-electron chi connectivity index (χ4n) is 3.71. The summed E-state index contributed by atoms with van der Waals surface area (Å²) in [6.45, 7) is 5.57. The predicted molar refractivity (Wildman–Crippen MR) is 112 cm³/mol. The van der Waals surface area contributed by atoms with Crippen molar-refractivity contribution < 1.29 is 18.4 Å². The standard InChI is InChI=1S/C23H26FN3O3/c1-3-29-15-17-11-16(7-8-21(17)28-2)13-27-10-9-22-20(14-27)23(26-30-22)25-19-6-4-5-18(24)12-19/h4-8,11-12H,3,9-10,13-15H2,1-2H3,(H,25,26). The quantitative estimate of drug-likeness (QED) is 0.582. The molecule has 0 fully saturated rings. The summed E-state index contributed by atoms with van der Waals surface area (Å²) in [5, 5.41) is 7.35. The fourth-order valence-corrected chi connectivity index (χ4v) is 3.71. The smallest absolute Gasteiger partial charge is 0.178 e. The molecule has 0 aliphatic carbocycles. The van der Waals surface area contributed by atoms with Crippen LogP contribution < -0.4 is 10.1 Å².